The Morgan fingerprint density at radius 2 is 2.21 bits per heavy atom. The quantitative estimate of drug-likeness (QED) is 0.618. The molecule has 0 heterocycles. The number of hydrogen-bond acceptors (Lipinski definition) is 3. The topological polar surface area (TPSA) is 38.5 Å². The van der Waals surface area contributed by atoms with E-state index in [2.05, 4.69) is 4.90 Å². The van der Waals surface area contributed by atoms with Gasteiger partial charge in [-0.1, -0.05) is 12.2 Å². The Kier molecular flexibility index (Phi) is 5.37. The first-order valence-electron chi connectivity index (χ1n) is 5.25. The highest BCUT2D eigenvalue weighted by molar-refractivity contribution is 7.80. The van der Waals surface area contributed by atoms with Crippen LogP contribution in [-0.4, -0.2) is 42.7 Å². The van der Waals surface area contributed by atoms with Gasteiger partial charge in [-0.05, 0) is 32.2 Å². The molecule has 3 nitrogen and oxygen atoms in total. The third kappa shape index (κ3) is 4.88. The van der Waals surface area contributed by atoms with Gasteiger partial charge < -0.3 is 10.5 Å². The normalized spacial score (nSPS) is 16.1. The maximum Gasteiger partial charge on any atom is 0.0727 e. The summed E-state index contributed by atoms with van der Waals surface area (Å²) in [6.45, 7) is 2.97. The third-order valence-electron chi connectivity index (χ3n) is 2.51. The smallest absolute Gasteiger partial charge is 0.0727 e. The standard InChI is InChI=1S/C10H20N2OS/c1-13-8-7-12(9-4-5-9)6-2-3-10(11)14/h9H,2-8H2,1H3,(H2,11,14). The van der Waals surface area contributed by atoms with Crippen molar-refractivity contribution in [3.05, 3.63) is 0 Å². The lowest BCUT2D eigenvalue weighted by molar-refractivity contribution is 0.143. The van der Waals surface area contributed by atoms with Crippen LogP contribution in [0.4, 0.5) is 0 Å². The third-order valence-corrected chi connectivity index (χ3v) is 2.72. The number of thiocarbonyl (C=S) groups is 1. The molecule has 82 valence electrons. The van der Waals surface area contributed by atoms with Crippen molar-refractivity contribution < 1.29 is 4.74 Å². The van der Waals surface area contributed by atoms with E-state index in [1.165, 1.54) is 12.8 Å². The minimum Gasteiger partial charge on any atom is -0.393 e. The molecule has 0 aliphatic heterocycles. The van der Waals surface area contributed by atoms with Crippen LogP contribution < -0.4 is 5.73 Å². The van der Waals surface area contributed by atoms with E-state index in [1.54, 1.807) is 7.11 Å². The fourth-order valence-corrected chi connectivity index (χ4v) is 1.73. The van der Waals surface area contributed by atoms with Crippen LogP contribution in [0.25, 0.3) is 0 Å². The van der Waals surface area contributed by atoms with Gasteiger partial charge in [-0.3, -0.25) is 4.90 Å². The Morgan fingerprint density at radius 1 is 1.50 bits per heavy atom. The van der Waals surface area contributed by atoms with Crippen molar-refractivity contribution in [3.63, 3.8) is 0 Å². The molecule has 4 heteroatoms. The van der Waals surface area contributed by atoms with Gasteiger partial charge in [-0.2, -0.15) is 0 Å². The number of ether oxygens (including phenoxy) is 1. The van der Waals surface area contributed by atoms with Crippen molar-refractivity contribution in [1.82, 2.24) is 4.90 Å². The van der Waals surface area contributed by atoms with Gasteiger partial charge >= 0.3 is 0 Å². The number of nitrogens with two attached hydrogens (primary N) is 1. The molecule has 0 aromatic heterocycles. The van der Waals surface area contributed by atoms with E-state index in [0.29, 0.717) is 4.99 Å². The van der Waals surface area contributed by atoms with Crippen LogP contribution in [0.15, 0.2) is 0 Å². The molecule has 0 aromatic carbocycles. The van der Waals surface area contributed by atoms with Crippen LogP contribution in [0.2, 0.25) is 0 Å². The molecule has 1 rings (SSSR count). The molecule has 2 N–H and O–H groups in total. The Bertz CT molecular complexity index is 183. The summed E-state index contributed by atoms with van der Waals surface area (Å²) < 4.78 is 5.09. The van der Waals surface area contributed by atoms with Crippen molar-refractivity contribution in [2.75, 3.05) is 26.8 Å². The van der Waals surface area contributed by atoms with Crippen molar-refractivity contribution >= 4 is 17.2 Å². The van der Waals surface area contributed by atoms with E-state index in [9.17, 15) is 0 Å². The molecule has 0 saturated heterocycles. The van der Waals surface area contributed by atoms with Crippen LogP contribution in [0.1, 0.15) is 25.7 Å². The Hall–Kier alpha value is -0.190. The zero-order valence-electron chi connectivity index (χ0n) is 8.87. The van der Waals surface area contributed by atoms with Crippen molar-refractivity contribution in [2.45, 2.75) is 31.7 Å². The lowest BCUT2D eigenvalue weighted by atomic mass is 10.3. The van der Waals surface area contributed by atoms with E-state index in [0.717, 1.165) is 38.6 Å². The summed E-state index contributed by atoms with van der Waals surface area (Å²) in [7, 11) is 1.75. The number of hydrogen-bond donors (Lipinski definition) is 1. The molecule has 0 spiro atoms. The molecule has 0 radical (unpaired) electrons. The molecule has 1 aliphatic carbocycles. The van der Waals surface area contributed by atoms with Crippen LogP contribution >= 0.6 is 12.2 Å². The van der Waals surface area contributed by atoms with Gasteiger partial charge in [-0.15, -0.1) is 0 Å². The molecular formula is C10H20N2OS. The number of methoxy groups -OCH3 is 1. The highest BCUT2D eigenvalue weighted by atomic mass is 32.1. The molecule has 0 bridgehead atoms. The Labute approximate surface area is 91.6 Å². The molecule has 1 aliphatic rings. The summed E-state index contributed by atoms with van der Waals surface area (Å²) in [5, 5.41) is 0. The summed E-state index contributed by atoms with van der Waals surface area (Å²) in [5.41, 5.74) is 5.46. The summed E-state index contributed by atoms with van der Waals surface area (Å²) >= 11 is 4.85. The van der Waals surface area contributed by atoms with E-state index < -0.39 is 0 Å². The largest absolute Gasteiger partial charge is 0.393 e. The second-order valence-electron chi connectivity index (χ2n) is 3.83. The van der Waals surface area contributed by atoms with Crippen molar-refractivity contribution in [3.8, 4) is 0 Å². The van der Waals surface area contributed by atoms with Gasteiger partial charge in [0.05, 0.1) is 11.6 Å². The minimum atomic E-state index is 0.632. The highest BCUT2D eigenvalue weighted by Gasteiger charge is 2.27. The monoisotopic (exact) mass is 216 g/mol. The molecule has 1 saturated carbocycles. The van der Waals surface area contributed by atoms with Gasteiger partial charge in [0.25, 0.3) is 0 Å². The maximum atomic E-state index is 5.46. The summed E-state index contributed by atoms with van der Waals surface area (Å²) in [6, 6.07) is 0.802. The average molecular weight is 216 g/mol. The first-order chi connectivity index (χ1) is 6.74. The predicted molar refractivity (Wildman–Crippen MR) is 62.5 cm³/mol. The summed E-state index contributed by atoms with van der Waals surface area (Å²) in [4.78, 5) is 3.12. The van der Waals surface area contributed by atoms with Gasteiger partial charge in [0.1, 0.15) is 0 Å². The second kappa shape index (κ2) is 6.32. The molecule has 0 amide bonds. The van der Waals surface area contributed by atoms with Gasteiger partial charge in [0.2, 0.25) is 0 Å². The molecule has 0 atom stereocenters. The predicted octanol–water partition coefficient (Wildman–Crippen LogP) is 1.16. The highest BCUT2D eigenvalue weighted by Crippen LogP contribution is 2.26. The van der Waals surface area contributed by atoms with Crippen LogP contribution in [0.3, 0.4) is 0 Å². The SMILES string of the molecule is COCCN(CCCC(N)=S)C1CC1. The van der Waals surface area contributed by atoms with E-state index in [-0.39, 0.29) is 0 Å². The first-order valence-corrected chi connectivity index (χ1v) is 5.66. The minimum absolute atomic E-state index is 0.632. The van der Waals surface area contributed by atoms with Crippen molar-refractivity contribution in [1.29, 1.82) is 0 Å². The summed E-state index contributed by atoms with van der Waals surface area (Å²) in [6.07, 6.45) is 4.63. The zero-order valence-corrected chi connectivity index (χ0v) is 9.68. The summed E-state index contributed by atoms with van der Waals surface area (Å²) in [5.74, 6) is 0. The van der Waals surface area contributed by atoms with Gasteiger partial charge in [0, 0.05) is 19.7 Å². The van der Waals surface area contributed by atoms with Crippen LogP contribution in [0.5, 0.6) is 0 Å². The lowest BCUT2D eigenvalue weighted by Gasteiger charge is -2.21. The number of nitrogens with zero attached hydrogens (tertiary/aromatic N) is 1. The van der Waals surface area contributed by atoms with Crippen LogP contribution in [-0.2, 0) is 4.74 Å². The van der Waals surface area contributed by atoms with Gasteiger partial charge in [-0.25, -0.2) is 0 Å². The maximum absolute atomic E-state index is 5.46. The number of rotatable bonds is 8. The van der Waals surface area contributed by atoms with Crippen molar-refractivity contribution in [2.24, 2.45) is 5.73 Å². The van der Waals surface area contributed by atoms with Gasteiger partial charge in [0.15, 0.2) is 0 Å². The molecule has 1 fully saturated rings. The molecule has 14 heavy (non-hydrogen) atoms. The first kappa shape index (κ1) is 11.9. The second-order valence-corrected chi connectivity index (χ2v) is 4.35. The molecular weight excluding hydrogens is 196 g/mol. The lowest BCUT2D eigenvalue weighted by Crippen LogP contribution is -2.31. The van der Waals surface area contributed by atoms with E-state index >= 15 is 0 Å². The average Bonchev–Trinajstić information content (AvgIpc) is 2.93. The Morgan fingerprint density at radius 3 is 2.71 bits per heavy atom. The molecule has 0 unspecified atom stereocenters. The molecule has 0 aromatic rings. The fourth-order valence-electron chi connectivity index (χ4n) is 1.58. The Balaban J connectivity index is 2.11. The fraction of sp³-hybridized carbons (Fsp3) is 0.900. The van der Waals surface area contributed by atoms with E-state index in [4.69, 9.17) is 22.7 Å². The zero-order chi connectivity index (χ0) is 10.4. The van der Waals surface area contributed by atoms with Crippen LogP contribution in [0, 0.1) is 0 Å². The van der Waals surface area contributed by atoms with E-state index in [1.807, 2.05) is 0 Å².